The van der Waals surface area contributed by atoms with E-state index in [0.717, 1.165) is 11.1 Å². The first kappa shape index (κ1) is 13.7. The summed E-state index contributed by atoms with van der Waals surface area (Å²) in [6, 6.07) is 4.83. The second-order valence-electron chi connectivity index (χ2n) is 5.38. The first-order chi connectivity index (χ1) is 7.72. The Bertz CT molecular complexity index is 422. The normalized spacial score (nSPS) is 11.9. The summed E-state index contributed by atoms with van der Waals surface area (Å²) in [5.74, 6) is -0.944. The van der Waals surface area contributed by atoms with Gasteiger partial charge in [-0.2, -0.15) is 0 Å². The summed E-state index contributed by atoms with van der Waals surface area (Å²) in [5.41, 5.74) is 1.08. The molecule has 1 rings (SSSR count). The molecule has 1 aromatic carbocycles. The maximum absolute atomic E-state index is 13.5. The van der Waals surface area contributed by atoms with Crippen LogP contribution in [0.25, 0.3) is 0 Å². The highest BCUT2D eigenvalue weighted by Crippen LogP contribution is 2.30. The second kappa shape index (κ2) is 4.86. The molecule has 0 unspecified atom stereocenters. The van der Waals surface area contributed by atoms with Crippen molar-refractivity contribution >= 4 is 5.97 Å². The Labute approximate surface area is 101 Å². The van der Waals surface area contributed by atoms with E-state index in [1.807, 2.05) is 33.8 Å². The Morgan fingerprint density at radius 2 is 1.94 bits per heavy atom. The van der Waals surface area contributed by atoms with Crippen LogP contribution in [0.3, 0.4) is 0 Å². The van der Waals surface area contributed by atoms with Gasteiger partial charge in [0.15, 0.2) is 0 Å². The summed E-state index contributed by atoms with van der Waals surface area (Å²) in [4.78, 5) is 10.8. The van der Waals surface area contributed by atoms with Gasteiger partial charge < -0.3 is 5.11 Å². The molecule has 0 amide bonds. The predicted molar refractivity (Wildman–Crippen MR) is 65.8 cm³/mol. The molecule has 0 spiro atoms. The fraction of sp³-hybridized carbons (Fsp3) is 0.500. The first-order valence-electron chi connectivity index (χ1n) is 5.75. The van der Waals surface area contributed by atoms with Crippen molar-refractivity contribution in [3.05, 3.63) is 35.1 Å². The van der Waals surface area contributed by atoms with Crippen LogP contribution >= 0.6 is 0 Å². The molecule has 0 aliphatic rings. The Morgan fingerprint density at radius 1 is 1.35 bits per heavy atom. The number of hydrogen-bond acceptors (Lipinski definition) is 1. The molecule has 0 atom stereocenters. The quantitative estimate of drug-likeness (QED) is 0.868. The zero-order chi connectivity index (χ0) is 13.2. The zero-order valence-corrected chi connectivity index (χ0v) is 10.7. The number of rotatable bonds is 4. The number of carboxylic acids is 1. The smallest absolute Gasteiger partial charge is 0.304 e. The fourth-order valence-electron chi connectivity index (χ4n) is 1.82. The molecule has 0 aromatic heterocycles. The third kappa shape index (κ3) is 3.55. The minimum absolute atomic E-state index is 0.00596. The largest absolute Gasteiger partial charge is 0.481 e. The lowest BCUT2D eigenvalue weighted by molar-refractivity contribution is -0.138. The lowest BCUT2D eigenvalue weighted by atomic mass is 9.80. The number of hydrogen-bond donors (Lipinski definition) is 1. The Balaban J connectivity index is 3.17. The van der Waals surface area contributed by atoms with Gasteiger partial charge in [-0.3, -0.25) is 4.79 Å². The molecule has 0 aliphatic heterocycles. The number of halogens is 1. The lowest BCUT2D eigenvalue weighted by Crippen LogP contribution is -2.22. The van der Waals surface area contributed by atoms with Crippen LogP contribution in [0.2, 0.25) is 0 Å². The molecule has 1 aromatic rings. The van der Waals surface area contributed by atoms with Gasteiger partial charge in [0.05, 0.1) is 6.42 Å². The highest BCUT2D eigenvalue weighted by molar-refractivity contribution is 5.68. The van der Waals surface area contributed by atoms with E-state index in [1.165, 1.54) is 12.1 Å². The summed E-state index contributed by atoms with van der Waals surface area (Å²) in [7, 11) is 0. The van der Waals surface area contributed by atoms with Crippen molar-refractivity contribution in [1.29, 1.82) is 0 Å². The van der Waals surface area contributed by atoms with Gasteiger partial charge in [-0.15, -0.1) is 0 Å². The predicted octanol–water partition coefficient (Wildman–Crippen LogP) is 3.70. The topological polar surface area (TPSA) is 37.3 Å². The summed E-state index contributed by atoms with van der Waals surface area (Å²) >= 11 is 0. The molecule has 3 heteroatoms. The fourth-order valence-corrected chi connectivity index (χ4v) is 1.82. The standard InChI is InChI=1S/C14H19FO2/c1-9(2)10-5-11(7-12(15)6-10)14(3,4)8-13(16)17/h5-7,9H,8H2,1-4H3,(H,16,17). The average molecular weight is 238 g/mol. The summed E-state index contributed by atoms with van der Waals surface area (Å²) in [5, 5.41) is 8.86. The minimum atomic E-state index is -0.870. The van der Waals surface area contributed by atoms with E-state index in [2.05, 4.69) is 0 Å². The van der Waals surface area contributed by atoms with Gasteiger partial charge in [-0.1, -0.05) is 33.8 Å². The van der Waals surface area contributed by atoms with Crippen LogP contribution < -0.4 is 0 Å². The first-order valence-corrected chi connectivity index (χ1v) is 5.75. The van der Waals surface area contributed by atoms with Crippen molar-refractivity contribution < 1.29 is 14.3 Å². The molecular formula is C14H19FO2. The third-order valence-corrected chi connectivity index (χ3v) is 2.96. The molecule has 1 N–H and O–H groups in total. The summed E-state index contributed by atoms with van der Waals surface area (Å²) in [6.07, 6.45) is -0.00596. The minimum Gasteiger partial charge on any atom is -0.481 e. The number of carboxylic acid groups (broad SMARTS) is 1. The Hall–Kier alpha value is -1.38. The van der Waals surface area contributed by atoms with E-state index in [4.69, 9.17) is 5.11 Å². The molecule has 0 bridgehead atoms. The molecule has 0 radical (unpaired) electrons. The third-order valence-electron chi connectivity index (χ3n) is 2.96. The van der Waals surface area contributed by atoms with Crippen LogP contribution in [0.5, 0.6) is 0 Å². The molecule has 2 nitrogen and oxygen atoms in total. The van der Waals surface area contributed by atoms with Gasteiger partial charge in [-0.25, -0.2) is 4.39 Å². The number of aliphatic carboxylic acids is 1. The monoisotopic (exact) mass is 238 g/mol. The van der Waals surface area contributed by atoms with E-state index < -0.39 is 11.4 Å². The van der Waals surface area contributed by atoms with Crippen molar-refractivity contribution in [3.8, 4) is 0 Å². The van der Waals surface area contributed by atoms with Gasteiger partial charge in [0, 0.05) is 5.41 Å². The van der Waals surface area contributed by atoms with Crippen molar-refractivity contribution in [1.82, 2.24) is 0 Å². The molecule has 0 aliphatic carbocycles. The number of benzene rings is 1. The zero-order valence-electron chi connectivity index (χ0n) is 10.7. The van der Waals surface area contributed by atoms with Crippen molar-refractivity contribution in [2.24, 2.45) is 0 Å². The van der Waals surface area contributed by atoms with E-state index in [9.17, 15) is 9.18 Å². The molecule has 0 fully saturated rings. The van der Waals surface area contributed by atoms with Crippen LogP contribution in [0.1, 0.15) is 51.2 Å². The molecule has 0 saturated heterocycles. The van der Waals surface area contributed by atoms with E-state index in [1.54, 1.807) is 0 Å². The van der Waals surface area contributed by atoms with Crippen molar-refractivity contribution in [3.63, 3.8) is 0 Å². The Kier molecular flexibility index (Phi) is 3.91. The second-order valence-corrected chi connectivity index (χ2v) is 5.38. The van der Waals surface area contributed by atoms with E-state index in [-0.39, 0.29) is 18.2 Å². The molecular weight excluding hydrogens is 219 g/mol. The maximum Gasteiger partial charge on any atom is 0.304 e. The highest BCUT2D eigenvalue weighted by Gasteiger charge is 2.25. The highest BCUT2D eigenvalue weighted by atomic mass is 19.1. The van der Waals surface area contributed by atoms with Gasteiger partial charge in [0.1, 0.15) is 5.82 Å². The molecule has 94 valence electrons. The molecule has 0 heterocycles. The van der Waals surface area contributed by atoms with Gasteiger partial charge in [0.2, 0.25) is 0 Å². The van der Waals surface area contributed by atoms with Crippen LogP contribution in [-0.4, -0.2) is 11.1 Å². The van der Waals surface area contributed by atoms with Crippen LogP contribution in [-0.2, 0) is 10.2 Å². The summed E-state index contributed by atoms with van der Waals surface area (Å²) < 4.78 is 13.5. The maximum atomic E-state index is 13.5. The van der Waals surface area contributed by atoms with Gasteiger partial charge in [0.25, 0.3) is 0 Å². The summed E-state index contributed by atoms with van der Waals surface area (Å²) in [6.45, 7) is 7.62. The lowest BCUT2D eigenvalue weighted by Gasteiger charge is -2.24. The SMILES string of the molecule is CC(C)c1cc(F)cc(C(C)(C)CC(=O)O)c1. The van der Waals surface area contributed by atoms with Crippen molar-refractivity contribution in [2.75, 3.05) is 0 Å². The molecule has 0 saturated carbocycles. The average Bonchev–Trinajstić information content (AvgIpc) is 2.14. The number of carbonyl (C=O) groups is 1. The van der Waals surface area contributed by atoms with E-state index >= 15 is 0 Å². The Morgan fingerprint density at radius 3 is 2.41 bits per heavy atom. The van der Waals surface area contributed by atoms with Crippen LogP contribution in [0.15, 0.2) is 18.2 Å². The van der Waals surface area contributed by atoms with Crippen molar-refractivity contribution in [2.45, 2.75) is 45.4 Å². The van der Waals surface area contributed by atoms with E-state index in [0.29, 0.717) is 0 Å². The van der Waals surface area contributed by atoms with Crippen LogP contribution in [0.4, 0.5) is 4.39 Å². The van der Waals surface area contributed by atoms with Gasteiger partial charge in [-0.05, 0) is 29.2 Å². The molecule has 17 heavy (non-hydrogen) atoms. The van der Waals surface area contributed by atoms with Crippen LogP contribution in [0, 0.1) is 5.82 Å². The van der Waals surface area contributed by atoms with Gasteiger partial charge >= 0.3 is 5.97 Å².